The van der Waals surface area contributed by atoms with Crippen LogP contribution in [0, 0.1) is 5.92 Å². The molecule has 1 aliphatic rings. The zero-order chi connectivity index (χ0) is 17.4. The molecule has 23 heavy (non-hydrogen) atoms. The largest absolute Gasteiger partial charge is 0.344 e. The quantitative estimate of drug-likeness (QED) is 0.550. The highest BCUT2D eigenvalue weighted by atomic mass is 15.0. The van der Waals surface area contributed by atoms with Crippen LogP contribution >= 0.6 is 0 Å². The van der Waals surface area contributed by atoms with E-state index >= 15 is 0 Å². The molecule has 1 unspecified atom stereocenters. The first-order valence-electron chi connectivity index (χ1n) is 9.15. The van der Waals surface area contributed by atoms with Crippen LogP contribution in [0.15, 0.2) is 48.7 Å². The number of allylic oxidation sites excluding steroid dienone is 4. The molecule has 1 nitrogen and oxygen atoms in total. The summed E-state index contributed by atoms with van der Waals surface area (Å²) in [5, 5.41) is 1.36. The van der Waals surface area contributed by atoms with Gasteiger partial charge in [-0.25, -0.2) is 0 Å². The Morgan fingerprint density at radius 1 is 1.04 bits per heavy atom. The topological polar surface area (TPSA) is 4.93 Å². The van der Waals surface area contributed by atoms with Crippen molar-refractivity contribution in [2.24, 2.45) is 5.92 Å². The Labute approximate surface area is 142 Å². The maximum absolute atomic E-state index is 2.37. The molecule has 0 aliphatic heterocycles. The summed E-state index contributed by atoms with van der Waals surface area (Å²) < 4.78 is 2.37. The van der Waals surface area contributed by atoms with Crippen LogP contribution in [0.25, 0.3) is 16.5 Å². The van der Waals surface area contributed by atoms with Gasteiger partial charge in [-0.15, -0.1) is 0 Å². The highest BCUT2D eigenvalue weighted by Gasteiger charge is 2.13. The minimum Gasteiger partial charge on any atom is -0.344 e. The summed E-state index contributed by atoms with van der Waals surface area (Å²) in [6, 6.07) is 9.20. The average molecular weight is 312 g/mol. The molecule has 0 bridgehead atoms. The zero-order valence-corrected chi connectivity index (χ0v) is 15.9. The lowest BCUT2D eigenvalue weighted by atomic mass is 9.94. The molecule has 0 N–H and O–H groups in total. The fraction of sp³-hybridized carbons (Fsp3) is 0.455. The van der Waals surface area contributed by atoms with Crippen LogP contribution in [-0.2, 0) is 0 Å². The van der Waals surface area contributed by atoms with Gasteiger partial charge in [0.1, 0.15) is 0 Å². The maximum Gasteiger partial charge on any atom is 0.0489 e. The first kappa shape index (κ1) is 19.3. The molecular formula is C22H33N. The van der Waals surface area contributed by atoms with Gasteiger partial charge in [-0.05, 0) is 37.8 Å². The summed E-state index contributed by atoms with van der Waals surface area (Å²) in [7, 11) is 0. The van der Waals surface area contributed by atoms with Crippen molar-refractivity contribution in [2.75, 3.05) is 0 Å². The molecule has 0 amide bonds. The van der Waals surface area contributed by atoms with E-state index in [1.165, 1.54) is 22.0 Å². The van der Waals surface area contributed by atoms with E-state index in [4.69, 9.17) is 0 Å². The summed E-state index contributed by atoms with van der Waals surface area (Å²) in [6.07, 6.45) is 10.4. The van der Waals surface area contributed by atoms with Gasteiger partial charge in [0.25, 0.3) is 0 Å². The molecule has 1 heteroatoms. The minimum atomic E-state index is 0.491. The van der Waals surface area contributed by atoms with Gasteiger partial charge >= 0.3 is 0 Å². The van der Waals surface area contributed by atoms with Crippen molar-refractivity contribution >= 4 is 16.5 Å². The summed E-state index contributed by atoms with van der Waals surface area (Å²) in [5.41, 5.74) is 4.07. The van der Waals surface area contributed by atoms with Crippen molar-refractivity contribution in [1.29, 1.82) is 0 Å². The van der Waals surface area contributed by atoms with E-state index < -0.39 is 0 Å². The second-order valence-corrected chi connectivity index (χ2v) is 5.79. The highest BCUT2D eigenvalue weighted by Crippen LogP contribution is 2.32. The number of rotatable bonds is 2. The summed E-state index contributed by atoms with van der Waals surface area (Å²) in [4.78, 5) is 0. The Morgan fingerprint density at radius 3 is 2.26 bits per heavy atom. The number of nitrogens with zero attached hydrogens (tertiary/aromatic N) is 1. The van der Waals surface area contributed by atoms with E-state index in [9.17, 15) is 0 Å². The Kier molecular flexibility index (Phi) is 7.88. The number of para-hydroxylation sites is 1. The Hall–Kier alpha value is -1.76. The minimum absolute atomic E-state index is 0.491. The molecule has 126 valence electrons. The van der Waals surface area contributed by atoms with Crippen LogP contribution in [0.3, 0.4) is 0 Å². The molecule has 3 rings (SSSR count). The lowest BCUT2D eigenvalue weighted by Crippen LogP contribution is -1.98. The van der Waals surface area contributed by atoms with Crippen LogP contribution in [-0.4, -0.2) is 4.57 Å². The second-order valence-electron chi connectivity index (χ2n) is 5.79. The Balaban J connectivity index is 0.000000615. The second kappa shape index (κ2) is 9.39. The molecule has 0 saturated carbocycles. The van der Waals surface area contributed by atoms with Crippen molar-refractivity contribution in [2.45, 2.75) is 60.9 Å². The van der Waals surface area contributed by atoms with E-state index in [0.717, 1.165) is 6.42 Å². The van der Waals surface area contributed by atoms with E-state index in [1.807, 2.05) is 27.7 Å². The summed E-state index contributed by atoms with van der Waals surface area (Å²) in [6.45, 7) is 14.7. The van der Waals surface area contributed by atoms with Crippen LogP contribution in [0.5, 0.6) is 0 Å². The molecule has 1 aliphatic carbocycles. The van der Waals surface area contributed by atoms with Crippen molar-refractivity contribution in [3.8, 4) is 0 Å². The predicted molar refractivity (Wildman–Crippen MR) is 106 cm³/mol. The highest BCUT2D eigenvalue weighted by molar-refractivity contribution is 5.95. The van der Waals surface area contributed by atoms with Crippen molar-refractivity contribution in [1.82, 2.24) is 4.57 Å². The van der Waals surface area contributed by atoms with Crippen LogP contribution in [0.1, 0.15) is 66.5 Å². The number of hydrogen-bond acceptors (Lipinski definition) is 0. The van der Waals surface area contributed by atoms with Crippen LogP contribution in [0.2, 0.25) is 0 Å². The molecule has 1 heterocycles. The average Bonchev–Trinajstić information content (AvgIpc) is 2.99. The third kappa shape index (κ3) is 4.37. The van der Waals surface area contributed by atoms with E-state index in [-0.39, 0.29) is 0 Å². The number of fused-ring (bicyclic) bond motifs is 1. The van der Waals surface area contributed by atoms with Crippen molar-refractivity contribution < 1.29 is 0 Å². The summed E-state index contributed by atoms with van der Waals surface area (Å²) in [5.74, 6) is 0.669. The number of aromatic nitrogens is 1. The smallest absolute Gasteiger partial charge is 0.0489 e. The van der Waals surface area contributed by atoms with E-state index in [0.29, 0.717) is 12.0 Å². The monoisotopic (exact) mass is 311 g/mol. The van der Waals surface area contributed by atoms with E-state index in [2.05, 4.69) is 74.0 Å². The predicted octanol–water partition coefficient (Wildman–Crippen LogP) is 7.25. The zero-order valence-electron chi connectivity index (χ0n) is 15.9. The fourth-order valence-electron chi connectivity index (χ4n) is 2.79. The van der Waals surface area contributed by atoms with Crippen molar-refractivity contribution in [3.05, 3.63) is 54.3 Å². The SMILES string of the molecule is CC.CC.CC1C=CC(c2cn(C(C)C)c3ccccc23)=CC1. The molecule has 1 atom stereocenters. The molecule has 1 aromatic carbocycles. The molecule has 1 aromatic heterocycles. The third-order valence-electron chi connectivity index (χ3n) is 3.92. The van der Waals surface area contributed by atoms with Gasteiger partial charge in [-0.3, -0.25) is 0 Å². The van der Waals surface area contributed by atoms with Crippen LogP contribution < -0.4 is 0 Å². The van der Waals surface area contributed by atoms with Gasteiger partial charge in [-0.1, -0.05) is 71.0 Å². The molecule has 0 radical (unpaired) electrons. The van der Waals surface area contributed by atoms with Gasteiger partial charge in [0.2, 0.25) is 0 Å². The lowest BCUT2D eigenvalue weighted by molar-refractivity contribution is 0.622. The van der Waals surface area contributed by atoms with E-state index in [1.54, 1.807) is 0 Å². The first-order chi connectivity index (χ1) is 11.2. The van der Waals surface area contributed by atoms with Crippen molar-refractivity contribution in [3.63, 3.8) is 0 Å². The van der Waals surface area contributed by atoms with Gasteiger partial charge in [0.15, 0.2) is 0 Å². The molecule has 0 saturated heterocycles. The molecular weight excluding hydrogens is 278 g/mol. The van der Waals surface area contributed by atoms with Crippen LogP contribution in [0.4, 0.5) is 0 Å². The molecule has 0 spiro atoms. The number of benzene rings is 1. The molecule has 0 fully saturated rings. The van der Waals surface area contributed by atoms with Gasteiger partial charge in [-0.2, -0.15) is 0 Å². The maximum atomic E-state index is 2.37. The van der Waals surface area contributed by atoms with Gasteiger partial charge in [0, 0.05) is 28.7 Å². The molecule has 2 aromatic rings. The Morgan fingerprint density at radius 2 is 1.70 bits per heavy atom. The number of hydrogen-bond donors (Lipinski definition) is 0. The standard InChI is InChI=1S/C18H21N.2C2H6/c1-13(2)19-12-17(15-10-8-14(3)9-11-15)16-6-4-5-7-18(16)19;2*1-2/h4-8,10-14H,9H2,1-3H3;2*1-2H3. The first-order valence-corrected chi connectivity index (χ1v) is 9.15. The summed E-state index contributed by atoms with van der Waals surface area (Å²) >= 11 is 0. The Bertz CT molecular complexity index is 656. The van der Waals surface area contributed by atoms with Gasteiger partial charge < -0.3 is 4.57 Å². The third-order valence-corrected chi connectivity index (χ3v) is 3.92. The lowest BCUT2D eigenvalue weighted by Gasteiger charge is -2.11. The van der Waals surface area contributed by atoms with Gasteiger partial charge in [0.05, 0.1) is 0 Å². The fourth-order valence-corrected chi connectivity index (χ4v) is 2.79. The normalized spacial score (nSPS) is 16.3.